The Morgan fingerprint density at radius 3 is 2.46 bits per heavy atom. The summed E-state index contributed by atoms with van der Waals surface area (Å²) in [5.41, 5.74) is 1.43. The minimum atomic E-state index is -0.248. The van der Waals surface area contributed by atoms with E-state index in [0.717, 1.165) is 10.0 Å². The van der Waals surface area contributed by atoms with Gasteiger partial charge in [-0.15, -0.1) is 0 Å². The molecule has 1 N–H and O–H groups in total. The first-order chi connectivity index (χ1) is 13.6. The summed E-state index contributed by atoms with van der Waals surface area (Å²) < 4.78 is 6.80. The molecule has 1 aliphatic heterocycles. The van der Waals surface area contributed by atoms with E-state index in [2.05, 4.69) is 21.2 Å². The molecule has 0 spiro atoms. The molecule has 0 aromatic heterocycles. The Balaban J connectivity index is 1.53. The van der Waals surface area contributed by atoms with Gasteiger partial charge in [0.1, 0.15) is 12.4 Å². The smallest absolute Gasteiger partial charge is 0.255 e. The normalized spacial score (nSPS) is 13.7. The summed E-state index contributed by atoms with van der Waals surface area (Å²) >= 11 is 3.48. The zero-order valence-corrected chi connectivity index (χ0v) is 16.9. The van der Waals surface area contributed by atoms with Gasteiger partial charge in [0.05, 0.1) is 5.56 Å². The Hall–Kier alpha value is -2.67. The zero-order chi connectivity index (χ0) is 19.9. The van der Waals surface area contributed by atoms with Crippen molar-refractivity contribution in [2.75, 3.05) is 13.1 Å². The number of likely N-dealkylation sites (tertiary alicyclic amines) is 1. The maximum absolute atomic E-state index is 12.5. The number of benzene rings is 2. The van der Waals surface area contributed by atoms with Crippen molar-refractivity contribution in [2.45, 2.75) is 25.9 Å². The first kappa shape index (κ1) is 20.1. The van der Waals surface area contributed by atoms with Gasteiger partial charge in [-0.1, -0.05) is 46.3 Å². The lowest BCUT2D eigenvalue weighted by Gasteiger charge is -2.15. The number of para-hydroxylation sites is 1. The highest BCUT2D eigenvalue weighted by atomic mass is 79.9. The van der Waals surface area contributed by atoms with Crippen molar-refractivity contribution in [2.24, 2.45) is 0 Å². The van der Waals surface area contributed by atoms with Crippen LogP contribution >= 0.6 is 15.9 Å². The van der Waals surface area contributed by atoms with Crippen LogP contribution in [0, 0.1) is 0 Å². The number of imide groups is 1. The highest BCUT2D eigenvalue weighted by molar-refractivity contribution is 9.10. The number of halogens is 1. The molecule has 146 valence electrons. The van der Waals surface area contributed by atoms with E-state index in [9.17, 15) is 14.4 Å². The molecule has 2 aromatic rings. The number of amides is 3. The summed E-state index contributed by atoms with van der Waals surface area (Å²) in [6, 6.07) is 14.8. The Morgan fingerprint density at radius 2 is 1.71 bits per heavy atom. The van der Waals surface area contributed by atoms with Crippen molar-refractivity contribution in [3.05, 3.63) is 64.1 Å². The molecule has 3 amide bonds. The second kappa shape index (κ2) is 9.50. The lowest BCUT2D eigenvalue weighted by molar-refractivity contribution is -0.138. The van der Waals surface area contributed by atoms with Crippen LogP contribution in [0.25, 0.3) is 0 Å². The number of carbonyl (C=O) groups excluding carboxylic acids is 3. The molecule has 7 heteroatoms. The van der Waals surface area contributed by atoms with Gasteiger partial charge < -0.3 is 10.1 Å². The molecule has 0 unspecified atom stereocenters. The minimum absolute atomic E-state index is 0.137. The SMILES string of the molecule is O=C(NCCCN1C(=O)CCC1=O)c1ccccc1OCc1ccccc1Br. The Kier molecular flexibility index (Phi) is 6.81. The van der Waals surface area contributed by atoms with Crippen LogP contribution in [0.5, 0.6) is 5.75 Å². The molecule has 6 nitrogen and oxygen atoms in total. The van der Waals surface area contributed by atoms with Crippen LogP contribution in [0.4, 0.5) is 0 Å². The van der Waals surface area contributed by atoms with Gasteiger partial charge in [-0.2, -0.15) is 0 Å². The molecule has 28 heavy (non-hydrogen) atoms. The van der Waals surface area contributed by atoms with Crippen LogP contribution in [-0.2, 0) is 16.2 Å². The Morgan fingerprint density at radius 1 is 1.04 bits per heavy atom. The van der Waals surface area contributed by atoms with Gasteiger partial charge in [-0.3, -0.25) is 19.3 Å². The number of rotatable bonds is 8. The van der Waals surface area contributed by atoms with Crippen LogP contribution in [0.3, 0.4) is 0 Å². The van der Waals surface area contributed by atoms with E-state index >= 15 is 0 Å². The van der Waals surface area contributed by atoms with Gasteiger partial charge in [-0.05, 0) is 24.6 Å². The van der Waals surface area contributed by atoms with Gasteiger partial charge in [0.25, 0.3) is 5.91 Å². The zero-order valence-electron chi connectivity index (χ0n) is 15.3. The van der Waals surface area contributed by atoms with Crippen molar-refractivity contribution < 1.29 is 19.1 Å². The fourth-order valence-corrected chi connectivity index (χ4v) is 3.36. The number of hydrogen-bond acceptors (Lipinski definition) is 4. The van der Waals surface area contributed by atoms with Crippen molar-refractivity contribution in [3.63, 3.8) is 0 Å². The number of nitrogens with zero attached hydrogens (tertiary/aromatic N) is 1. The van der Waals surface area contributed by atoms with Gasteiger partial charge in [0.2, 0.25) is 11.8 Å². The molecule has 0 radical (unpaired) electrons. The van der Waals surface area contributed by atoms with Crippen LogP contribution < -0.4 is 10.1 Å². The molecule has 0 bridgehead atoms. The lowest BCUT2D eigenvalue weighted by atomic mass is 10.2. The third kappa shape index (κ3) is 4.98. The van der Waals surface area contributed by atoms with E-state index in [4.69, 9.17) is 4.74 Å². The number of hydrogen-bond donors (Lipinski definition) is 1. The molecular weight excluding hydrogens is 424 g/mol. The molecule has 0 atom stereocenters. The van der Waals surface area contributed by atoms with E-state index in [1.807, 2.05) is 30.3 Å². The first-order valence-corrected chi connectivity index (χ1v) is 9.92. The molecule has 2 aromatic carbocycles. The van der Waals surface area contributed by atoms with Crippen molar-refractivity contribution in [1.82, 2.24) is 10.2 Å². The monoisotopic (exact) mass is 444 g/mol. The van der Waals surface area contributed by atoms with Crippen LogP contribution in [-0.4, -0.2) is 35.7 Å². The lowest BCUT2D eigenvalue weighted by Crippen LogP contribution is -2.33. The van der Waals surface area contributed by atoms with Crippen molar-refractivity contribution in [1.29, 1.82) is 0 Å². The third-order valence-corrected chi connectivity index (χ3v) is 5.25. The van der Waals surface area contributed by atoms with E-state index in [1.54, 1.807) is 18.2 Å². The fourth-order valence-electron chi connectivity index (χ4n) is 2.96. The molecular formula is C21H21BrN2O4. The summed E-state index contributed by atoms with van der Waals surface area (Å²) in [6.07, 6.45) is 1.09. The summed E-state index contributed by atoms with van der Waals surface area (Å²) in [5, 5.41) is 2.83. The summed E-state index contributed by atoms with van der Waals surface area (Å²) in [4.78, 5) is 37.0. The van der Waals surface area contributed by atoms with Crippen LogP contribution in [0.2, 0.25) is 0 Å². The number of ether oxygens (including phenoxy) is 1. The molecule has 0 aliphatic carbocycles. The number of nitrogens with one attached hydrogen (secondary N) is 1. The maximum atomic E-state index is 12.5. The van der Waals surface area contributed by atoms with Gasteiger partial charge in [0, 0.05) is 36.0 Å². The molecule has 1 fully saturated rings. The fraction of sp³-hybridized carbons (Fsp3) is 0.286. The largest absolute Gasteiger partial charge is 0.488 e. The van der Waals surface area contributed by atoms with Gasteiger partial charge in [-0.25, -0.2) is 0 Å². The van der Waals surface area contributed by atoms with Crippen LogP contribution in [0.15, 0.2) is 53.0 Å². The van der Waals surface area contributed by atoms with E-state index in [1.165, 1.54) is 4.90 Å². The predicted octanol–water partition coefficient (Wildman–Crippen LogP) is 3.30. The van der Waals surface area contributed by atoms with E-state index in [-0.39, 0.29) is 30.6 Å². The maximum Gasteiger partial charge on any atom is 0.255 e. The topological polar surface area (TPSA) is 75.7 Å². The second-order valence-corrected chi connectivity index (χ2v) is 7.28. The Labute approximate surface area is 172 Å². The number of carbonyl (C=O) groups is 3. The Bertz CT molecular complexity index is 868. The summed E-state index contributed by atoms with van der Waals surface area (Å²) in [6.45, 7) is 1.04. The summed E-state index contributed by atoms with van der Waals surface area (Å²) in [5.74, 6) is -0.0215. The van der Waals surface area contributed by atoms with E-state index < -0.39 is 0 Å². The van der Waals surface area contributed by atoms with Crippen LogP contribution in [0.1, 0.15) is 35.2 Å². The predicted molar refractivity (Wildman–Crippen MR) is 108 cm³/mol. The average molecular weight is 445 g/mol. The van der Waals surface area contributed by atoms with Gasteiger partial charge >= 0.3 is 0 Å². The van der Waals surface area contributed by atoms with Crippen molar-refractivity contribution in [3.8, 4) is 5.75 Å². The minimum Gasteiger partial charge on any atom is -0.488 e. The average Bonchev–Trinajstić information content (AvgIpc) is 3.02. The van der Waals surface area contributed by atoms with E-state index in [0.29, 0.717) is 37.4 Å². The van der Waals surface area contributed by atoms with Gasteiger partial charge in [0.15, 0.2) is 0 Å². The quantitative estimate of drug-likeness (QED) is 0.500. The molecule has 1 aliphatic rings. The highest BCUT2D eigenvalue weighted by Crippen LogP contribution is 2.22. The highest BCUT2D eigenvalue weighted by Gasteiger charge is 2.28. The molecule has 1 saturated heterocycles. The van der Waals surface area contributed by atoms with Crippen molar-refractivity contribution >= 4 is 33.7 Å². The second-order valence-electron chi connectivity index (χ2n) is 6.42. The third-order valence-electron chi connectivity index (χ3n) is 4.47. The molecule has 1 heterocycles. The summed E-state index contributed by atoms with van der Waals surface area (Å²) in [7, 11) is 0. The standard InChI is InChI=1S/C21H21BrN2O4/c22-17-8-3-1-6-15(17)14-28-18-9-4-2-7-16(18)21(27)23-12-5-13-24-19(25)10-11-20(24)26/h1-4,6-9H,5,10-14H2,(H,23,27). The first-order valence-electron chi connectivity index (χ1n) is 9.13. The molecule has 3 rings (SSSR count). The molecule has 0 saturated carbocycles.